The smallest absolute Gasteiger partial charge is 0.176 e. The van der Waals surface area contributed by atoms with Crippen LogP contribution in [-0.4, -0.2) is 41.3 Å². The Morgan fingerprint density at radius 3 is 3.06 bits per heavy atom. The number of nitrogens with zero attached hydrogens (tertiary/aromatic N) is 1. The highest BCUT2D eigenvalue weighted by molar-refractivity contribution is 6.32. The first-order valence-electron chi connectivity index (χ1n) is 5.84. The first kappa shape index (κ1) is 13.2. The summed E-state index contributed by atoms with van der Waals surface area (Å²) in [6.45, 7) is 0.00510. The topological polar surface area (TPSA) is 82.2 Å². The largest absolute Gasteiger partial charge is 0.394 e. The minimum atomic E-state index is -0.218. The fraction of sp³-hybridized carbons (Fsp3) is 0.545. The van der Waals surface area contributed by atoms with Crippen LogP contribution in [0.5, 0.6) is 0 Å². The molecule has 100 valence electrons. The van der Waals surface area contributed by atoms with Gasteiger partial charge in [-0.3, -0.25) is 5.10 Å². The summed E-state index contributed by atoms with van der Waals surface area (Å²) < 4.78 is 5.73. The minimum absolute atomic E-state index is 0.00510. The molecule has 0 spiro atoms. The van der Waals surface area contributed by atoms with Crippen LogP contribution in [-0.2, 0) is 4.74 Å². The van der Waals surface area contributed by atoms with Crippen molar-refractivity contribution < 1.29 is 9.84 Å². The van der Waals surface area contributed by atoms with Gasteiger partial charge in [0.15, 0.2) is 5.15 Å². The lowest BCUT2D eigenvalue weighted by molar-refractivity contribution is -0.0201. The predicted molar refractivity (Wildman–Crippen MR) is 70.9 cm³/mol. The number of aliphatic hydroxyl groups excluding tert-OH is 1. The lowest BCUT2D eigenvalue weighted by Gasteiger charge is -2.21. The van der Waals surface area contributed by atoms with E-state index in [0.717, 1.165) is 12.8 Å². The molecule has 6 nitrogen and oxygen atoms in total. The molecule has 0 saturated heterocycles. The van der Waals surface area contributed by atoms with Crippen LogP contribution in [0.15, 0.2) is 12.2 Å². The van der Waals surface area contributed by atoms with Crippen LogP contribution in [0.1, 0.15) is 12.8 Å². The molecule has 0 aromatic carbocycles. The van der Waals surface area contributed by atoms with E-state index < -0.39 is 0 Å². The Labute approximate surface area is 110 Å². The van der Waals surface area contributed by atoms with E-state index >= 15 is 0 Å². The highest BCUT2D eigenvalue weighted by atomic mass is 35.5. The van der Waals surface area contributed by atoms with Crippen molar-refractivity contribution in [3.05, 3.63) is 17.3 Å². The average Bonchev–Trinajstić information content (AvgIpc) is 2.60. The van der Waals surface area contributed by atoms with Crippen molar-refractivity contribution in [1.29, 1.82) is 0 Å². The molecule has 0 saturated carbocycles. The summed E-state index contributed by atoms with van der Waals surface area (Å²) in [5.41, 5.74) is 0.703. The number of aromatic nitrogens is 2. The van der Waals surface area contributed by atoms with Gasteiger partial charge in [0.1, 0.15) is 17.7 Å². The maximum Gasteiger partial charge on any atom is 0.176 e. The van der Waals surface area contributed by atoms with Crippen molar-refractivity contribution in [2.24, 2.45) is 0 Å². The van der Waals surface area contributed by atoms with Gasteiger partial charge in [-0.1, -0.05) is 23.8 Å². The van der Waals surface area contributed by atoms with Gasteiger partial charge in [0.05, 0.1) is 12.7 Å². The monoisotopic (exact) mass is 272 g/mol. The third kappa shape index (κ3) is 2.95. The second-order valence-electron chi connectivity index (χ2n) is 4.03. The lowest BCUT2D eigenvalue weighted by Crippen LogP contribution is -2.29. The number of rotatable bonds is 4. The molecule has 18 heavy (non-hydrogen) atoms. The summed E-state index contributed by atoms with van der Waals surface area (Å²) in [5, 5.41) is 22.4. The Morgan fingerprint density at radius 1 is 1.56 bits per heavy atom. The van der Waals surface area contributed by atoms with Crippen LogP contribution < -0.4 is 10.6 Å². The van der Waals surface area contributed by atoms with Crippen LogP contribution in [0, 0.1) is 0 Å². The Morgan fingerprint density at radius 2 is 2.33 bits per heavy atom. The van der Waals surface area contributed by atoms with Gasteiger partial charge in [-0.15, -0.1) is 0 Å². The van der Waals surface area contributed by atoms with Crippen LogP contribution in [0.4, 0.5) is 11.5 Å². The number of hydrogen-bond donors (Lipinski definition) is 4. The van der Waals surface area contributed by atoms with Crippen LogP contribution >= 0.6 is 11.6 Å². The molecule has 1 aliphatic rings. The van der Waals surface area contributed by atoms with E-state index in [2.05, 4.69) is 20.8 Å². The molecule has 0 radical (unpaired) electrons. The van der Waals surface area contributed by atoms with E-state index in [1.54, 1.807) is 7.05 Å². The maximum atomic E-state index is 9.16. The van der Waals surface area contributed by atoms with Gasteiger partial charge in [-0.05, 0) is 6.42 Å². The highest BCUT2D eigenvalue weighted by Crippen LogP contribution is 2.28. The second kappa shape index (κ2) is 6.08. The standard InChI is InChI=1S/C11H17ClN4O2/c1-13-9-10(12)15-16-11(9)14-8-5-3-2-4-7(6-17)18-8/h2-3,7-8,13,17H,4-6H2,1H3,(H2,14,15,16)/t7-,8-/m0/s1. The molecule has 0 fully saturated rings. The number of ether oxygens (including phenoxy) is 1. The molecular weight excluding hydrogens is 256 g/mol. The van der Waals surface area contributed by atoms with Gasteiger partial charge >= 0.3 is 0 Å². The Balaban J connectivity index is 2.05. The Hall–Kier alpha value is -1.24. The fourth-order valence-electron chi connectivity index (χ4n) is 1.84. The van der Waals surface area contributed by atoms with E-state index in [9.17, 15) is 0 Å². The van der Waals surface area contributed by atoms with Crippen molar-refractivity contribution in [1.82, 2.24) is 10.2 Å². The molecular formula is C11H17ClN4O2. The van der Waals surface area contributed by atoms with Crippen molar-refractivity contribution >= 4 is 23.1 Å². The molecule has 7 heteroatoms. The number of hydrogen-bond acceptors (Lipinski definition) is 5. The van der Waals surface area contributed by atoms with Gasteiger partial charge in [0.25, 0.3) is 0 Å². The number of aromatic amines is 1. The molecule has 0 unspecified atom stereocenters. The zero-order valence-electron chi connectivity index (χ0n) is 10.1. The SMILES string of the molecule is CNc1c(Cl)n[nH]c1N[C@@H]1CC=CC[C@@H](CO)O1. The summed E-state index contributed by atoms with van der Waals surface area (Å²) in [4.78, 5) is 0. The predicted octanol–water partition coefficient (Wildman–Crippen LogP) is 1.57. The fourth-order valence-corrected chi connectivity index (χ4v) is 2.07. The van der Waals surface area contributed by atoms with Crippen LogP contribution in [0.25, 0.3) is 0 Å². The summed E-state index contributed by atoms with van der Waals surface area (Å²) in [7, 11) is 1.77. The van der Waals surface area contributed by atoms with E-state index in [0.29, 0.717) is 16.7 Å². The van der Waals surface area contributed by atoms with Gasteiger partial charge in [0, 0.05) is 13.5 Å². The molecule has 2 heterocycles. The van der Waals surface area contributed by atoms with Crippen molar-refractivity contribution in [3.8, 4) is 0 Å². The number of halogens is 1. The van der Waals surface area contributed by atoms with Gasteiger partial charge in [0.2, 0.25) is 0 Å². The number of H-pyrrole nitrogens is 1. The zero-order chi connectivity index (χ0) is 13.0. The molecule has 0 amide bonds. The molecule has 2 rings (SSSR count). The molecule has 4 N–H and O–H groups in total. The third-order valence-corrected chi connectivity index (χ3v) is 3.03. The summed E-state index contributed by atoms with van der Waals surface area (Å²) in [6.07, 6.45) is 5.08. The Kier molecular flexibility index (Phi) is 4.46. The molecule has 0 bridgehead atoms. The van der Waals surface area contributed by atoms with Gasteiger partial charge < -0.3 is 20.5 Å². The molecule has 1 aromatic heterocycles. The number of nitrogens with one attached hydrogen (secondary N) is 3. The quantitative estimate of drug-likeness (QED) is 0.626. The summed E-state index contributed by atoms with van der Waals surface area (Å²) >= 11 is 5.91. The van der Waals surface area contributed by atoms with Crippen molar-refractivity contribution in [2.45, 2.75) is 25.2 Å². The maximum absolute atomic E-state index is 9.16. The van der Waals surface area contributed by atoms with Gasteiger partial charge in [-0.25, -0.2) is 0 Å². The summed E-state index contributed by atoms with van der Waals surface area (Å²) in [6, 6.07) is 0. The first-order valence-corrected chi connectivity index (χ1v) is 6.22. The average molecular weight is 273 g/mol. The lowest BCUT2D eigenvalue weighted by atomic mass is 10.2. The highest BCUT2D eigenvalue weighted by Gasteiger charge is 2.19. The molecule has 0 aliphatic carbocycles. The van der Waals surface area contributed by atoms with E-state index in [4.69, 9.17) is 21.4 Å². The number of aliphatic hydroxyl groups is 1. The molecule has 1 aromatic rings. The van der Waals surface area contributed by atoms with E-state index in [1.807, 2.05) is 12.2 Å². The zero-order valence-corrected chi connectivity index (χ0v) is 10.9. The number of anilines is 2. The third-order valence-electron chi connectivity index (χ3n) is 2.75. The van der Waals surface area contributed by atoms with E-state index in [-0.39, 0.29) is 18.9 Å². The van der Waals surface area contributed by atoms with Crippen molar-refractivity contribution in [3.63, 3.8) is 0 Å². The van der Waals surface area contributed by atoms with Crippen LogP contribution in [0.3, 0.4) is 0 Å². The molecule has 1 aliphatic heterocycles. The van der Waals surface area contributed by atoms with E-state index in [1.165, 1.54) is 0 Å². The van der Waals surface area contributed by atoms with Crippen LogP contribution in [0.2, 0.25) is 5.15 Å². The molecule has 2 atom stereocenters. The van der Waals surface area contributed by atoms with Crippen molar-refractivity contribution in [2.75, 3.05) is 24.3 Å². The minimum Gasteiger partial charge on any atom is -0.394 e. The summed E-state index contributed by atoms with van der Waals surface area (Å²) in [5.74, 6) is 0.680. The Bertz CT molecular complexity index is 421. The van der Waals surface area contributed by atoms with Gasteiger partial charge in [-0.2, -0.15) is 5.10 Å². The second-order valence-corrected chi connectivity index (χ2v) is 4.39. The normalized spacial score (nSPS) is 23.7. The first-order chi connectivity index (χ1) is 8.74.